The third kappa shape index (κ3) is 31.8. The average Bonchev–Trinajstić information content (AvgIpc) is 2.39. The molecule has 0 spiro atoms. The maximum absolute atomic E-state index is 9.56. The highest BCUT2D eigenvalue weighted by molar-refractivity contribution is 5.76. The van der Waals surface area contributed by atoms with Gasteiger partial charge in [-0.15, -0.1) is 0 Å². The van der Waals surface area contributed by atoms with Crippen LogP contribution in [0.3, 0.4) is 0 Å². The Morgan fingerprint density at radius 2 is 1.26 bits per heavy atom. The van der Waals surface area contributed by atoms with Crippen LogP contribution in [-0.2, 0) is 4.79 Å². The Hall–Kier alpha value is -0.570. The smallest absolute Gasteiger partial charge is 0.155 e. The Kier molecular flexibility index (Phi) is 21.6. The first-order chi connectivity index (χ1) is 8.74. The van der Waals surface area contributed by atoms with E-state index in [2.05, 4.69) is 5.32 Å². The van der Waals surface area contributed by atoms with E-state index in [4.69, 9.17) is 26.2 Å². The molecule has 7 heteroatoms. The first-order valence-corrected chi connectivity index (χ1v) is 6.19. The van der Waals surface area contributed by atoms with Crippen LogP contribution >= 0.6 is 0 Å². The molecular formula is C12H30N2O5. The van der Waals surface area contributed by atoms with E-state index in [1.807, 2.05) is 13.8 Å². The van der Waals surface area contributed by atoms with E-state index in [1.165, 1.54) is 6.92 Å². The molecule has 0 aliphatic heterocycles. The molecule has 0 aliphatic carbocycles. The Morgan fingerprint density at radius 3 is 1.37 bits per heavy atom. The number of rotatable bonds is 6. The molecule has 19 heavy (non-hydrogen) atoms. The average molecular weight is 282 g/mol. The quantitative estimate of drug-likeness (QED) is 0.339. The molecular weight excluding hydrogens is 252 g/mol. The van der Waals surface area contributed by atoms with Gasteiger partial charge in [-0.1, -0.05) is 0 Å². The summed E-state index contributed by atoms with van der Waals surface area (Å²) in [6.45, 7) is 6.80. The number of nitrogens with two attached hydrogens (primary N) is 1. The zero-order valence-corrected chi connectivity index (χ0v) is 12.3. The van der Waals surface area contributed by atoms with E-state index in [1.54, 1.807) is 6.92 Å². The molecule has 3 atom stereocenters. The van der Waals surface area contributed by atoms with Crippen LogP contribution in [0, 0.1) is 0 Å². The number of carbonyl (C=O) groups excluding carboxylic acids is 1. The second-order valence-corrected chi connectivity index (χ2v) is 4.35. The second-order valence-electron chi connectivity index (χ2n) is 4.35. The van der Waals surface area contributed by atoms with Gasteiger partial charge in [0.15, 0.2) is 5.78 Å². The van der Waals surface area contributed by atoms with E-state index < -0.39 is 0 Å². The molecule has 0 amide bonds. The van der Waals surface area contributed by atoms with Crippen LogP contribution in [0.1, 0.15) is 27.7 Å². The number of carbonyl (C=O) groups is 1. The van der Waals surface area contributed by atoms with E-state index in [0.29, 0.717) is 0 Å². The lowest BCUT2D eigenvalue weighted by Crippen LogP contribution is -2.38. The van der Waals surface area contributed by atoms with Crippen molar-refractivity contribution in [2.45, 2.75) is 45.8 Å². The molecule has 0 aliphatic rings. The van der Waals surface area contributed by atoms with Gasteiger partial charge in [0.2, 0.25) is 0 Å². The Balaban J connectivity index is -0.000000219. The predicted octanol–water partition coefficient (Wildman–Crippen LogP) is -1.77. The van der Waals surface area contributed by atoms with Crippen molar-refractivity contribution >= 4 is 5.78 Å². The fraction of sp³-hybridized carbons (Fsp3) is 0.917. The molecule has 118 valence electrons. The van der Waals surface area contributed by atoms with Crippen LogP contribution < -0.4 is 11.1 Å². The van der Waals surface area contributed by atoms with Gasteiger partial charge >= 0.3 is 0 Å². The second kappa shape index (κ2) is 17.4. The molecule has 0 radical (unpaired) electrons. The third-order valence-electron chi connectivity index (χ3n) is 1.63. The zero-order valence-electron chi connectivity index (χ0n) is 12.3. The summed E-state index contributed by atoms with van der Waals surface area (Å²) in [7, 11) is 0. The molecule has 7 N–H and O–H groups in total. The van der Waals surface area contributed by atoms with E-state index in [-0.39, 0.29) is 50.3 Å². The summed E-state index contributed by atoms with van der Waals surface area (Å²) in [5.74, 6) is -0.190. The standard InChI is InChI=1S/C6H15NO2.C3H9NO.C3H6O2/c1-5(3-8)7-6(2)4-9;1-3(4)2-5;1-3(5)2-4/h5-9H,3-4H2,1-2H3;3,5H,2,4H2,1H3;4H,2H2,1H3. The SMILES string of the molecule is CC(=O)CO.CC(CO)NC(C)CO.CC(N)CO. The summed E-state index contributed by atoms with van der Waals surface area (Å²) in [5.41, 5.74) is 5.04. The largest absolute Gasteiger partial charge is 0.395 e. The minimum Gasteiger partial charge on any atom is -0.395 e. The highest BCUT2D eigenvalue weighted by atomic mass is 16.3. The maximum atomic E-state index is 9.56. The van der Waals surface area contributed by atoms with Gasteiger partial charge in [0, 0.05) is 18.1 Å². The van der Waals surface area contributed by atoms with Crippen molar-refractivity contribution in [2.24, 2.45) is 5.73 Å². The zero-order chi connectivity index (χ0) is 15.8. The number of aliphatic hydroxyl groups excluding tert-OH is 4. The first kappa shape index (κ1) is 23.5. The van der Waals surface area contributed by atoms with Crippen LogP contribution in [0.5, 0.6) is 0 Å². The van der Waals surface area contributed by atoms with Crippen LogP contribution in [0.4, 0.5) is 0 Å². The summed E-state index contributed by atoms with van der Waals surface area (Å²) in [5, 5.41) is 35.9. The number of ketones is 1. The van der Waals surface area contributed by atoms with Crippen molar-refractivity contribution in [3.05, 3.63) is 0 Å². The summed E-state index contributed by atoms with van der Waals surface area (Å²) < 4.78 is 0. The van der Waals surface area contributed by atoms with Crippen LogP contribution in [0.25, 0.3) is 0 Å². The normalized spacial score (nSPS) is 14.2. The molecule has 0 aromatic carbocycles. The maximum Gasteiger partial charge on any atom is 0.155 e. The number of hydrogen-bond donors (Lipinski definition) is 6. The number of aliphatic hydroxyl groups is 4. The van der Waals surface area contributed by atoms with Crippen molar-refractivity contribution in [1.29, 1.82) is 0 Å². The molecule has 0 heterocycles. The van der Waals surface area contributed by atoms with Gasteiger partial charge in [-0.3, -0.25) is 4.79 Å². The van der Waals surface area contributed by atoms with Crippen molar-refractivity contribution < 1.29 is 25.2 Å². The molecule has 0 aromatic heterocycles. The van der Waals surface area contributed by atoms with E-state index in [0.717, 1.165) is 0 Å². The summed E-state index contributed by atoms with van der Waals surface area (Å²) in [6, 6.07) is 0.0919. The van der Waals surface area contributed by atoms with Crippen LogP contribution in [0.2, 0.25) is 0 Å². The molecule has 0 rings (SSSR count). The molecule has 0 saturated carbocycles. The molecule has 7 nitrogen and oxygen atoms in total. The fourth-order valence-corrected chi connectivity index (χ4v) is 0.591. The minimum atomic E-state index is -0.333. The highest BCUT2D eigenvalue weighted by Crippen LogP contribution is 1.83. The molecule has 0 saturated heterocycles. The van der Waals surface area contributed by atoms with Crippen molar-refractivity contribution in [3.8, 4) is 0 Å². The lowest BCUT2D eigenvalue weighted by atomic mass is 10.3. The third-order valence-corrected chi connectivity index (χ3v) is 1.63. The first-order valence-electron chi connectivity index (χ1n) is 6.19. The molecule has 3 unspecified atom stereocenters. The summed E-state index contributed by atoms with van der Waals surface area (Å²) >= 11 is 0. The topological polar surface area (TPSA) is 136 Å². The van der Waals surface area contributed by atoms with E-state index >= 15 is 0 Å². The highest BCUT2D eigenvalue weighted by Gasteiger charge is 2.02. The minimum absolute atomic E-state index is 0.0602. The van der Waals surface area contributed by atoms with Gasteiger partial charge in [0.1, 0.15) is 6.61 Å². The van der Waals surface area contributed by atoms with Gasteiger partial charge in [0.25, 0.3) is 0 Å². The number of nitrogens with one attached hydrogen (secondary N) is 1. The fourth-order valence-electron chi connectivity index (χ4n) is 0.591. The molecule has 0 aromatic rings. The van der Waals surface area contributed by atoms with E-state index in [9.17, 15) is 4.79 Å². The summed E-state index contributed by atoms with van der Waals surface area (Å²) in [6.07, 6.45) is 0. The van der Waals surface area contributed by atoms with Gasteiger partial charge in [-0.25, -0.2) is 0 Å². The molecule has 0 bridgehead atoms. The summed E-state index contributed by atoms with van der Waals surface area (Å²) in [4.78, 5) is 9.56. The van der Waals surface area contributed by atoms with Gasteiger partial charge < -0.3 is 31.5 Å². The predicted molar refractivity (Wildman–Crippen MR) is 74.7 cm³/mol. The Bertz CT molecular complexity index is 183. The van der Waals surface area contributed by atoms with Crippen LogP contribution in [-0.4, -0.2) is 70.8 Å². The molecule has 0 fully saturated rings. The lowest BCUT2D eigenvalue weighted by Gasteiger charge is -2.15. The van der Waals surface area contributed by atoms with Crippen molar-refractivity contribution in [2.75, 3.05) is 26.4 Å². The van der Waals surface area contributed by atoms with Crippen LogP contribution in [0.15, 0.2) is 0 Å². The Morgan fingerprint density at radius 1 is 1.00 bits per heavy atom. The lowest BCUT2D eigenvalue weighted by molar-refractivity contribution is -0.119. The van der Waals surface area contributed by atoms with Crippen molar-refractivity contribution in [1.82, 2.24) is 5.32 Å². The van der Waals surface area contributed by atoms with Gasteiger partial charge in [0.05, 0.1) is 19.8 Å². The monoisotopic (exact) mass is 282 g/mol. The van der Waals surface area contributed by atoms with Gasteiger partial charge in [-0.2, -0.15) is 0 Å². The number of Topliss-reactive ketones (excluding diaryl/α,β-unsaturated/α-hetero) is 1. The Labute approximate surface area is 115 Å². The number of hydrogen-bond acceptors (Lipinski definition) is 7. The van der Waals surface area contributed by atoms with Gasteiger partial charge in [-0.05, 0) is 27.7 Å². The van der Waals surface area contributed by atoms with Crippen molar-refractivity contribution in [3.63, 3.8) is 0 Å².